The lowest BCUT2D eigenvalue weighted by Gasteiger charge is -2.08. The van der Waals surface area contributed by atoms with E-state index in [1.807, 2.05) is 25.1 Å². The normalized spacial score (nSPS) is 11.2. The molecule has 0 atom stereocenters. The first-order chi connectivity index (χ1) is 10.9. The van der Waals surface area contributed by atoms with Crippen molar-refractivity contribution in [1.82, 2.24) is 0 Å². The Labute approximate surface area is 141 Å². The number of nitro benzene ring substituents is 1. The Morgan fingerprint density at radius 2 is 1.96 bits per heavy atom. The predicted octanol–water partition coefficient (Wildman–Crippen LogP) is 4.38. The summed E-state index contributed by atoms with van der Waals surface area (Å²) in [5.74, 6) is -0.633. The van der Waals surface area contributed by atoms with E-state index in [1.165, 1.54) is 19.2 Å². The van der Waals surface area contributed by atoms with Crippen LogP contribution in [0.1, 0.15) is 16.7 Å². The van der Waals surface area contributed by atoms with Crippen LogP contribution in [0.2, 0.25) is 0 Å². The molecule has 5 nitrogen and oxygen atoms in total. The van der Waals surface area contributed by atoms with E-state index in [1.54, 1.807) is 18.2 Å². The van der Waals surface area contributed by atoms with Crippen molar-refractivity contribution in [3.05, 3.63) is 73.7 Å². The van der Waals surface area contributed by atoms with Crippen LogP contribution in [0.15, 0.2) is 46.9 Å². The Morgan fingerprint density at radius 3 is 2.57 bits per heavy atom. The SMILES string of the molecule is COC(=O)/C(=C/c1ccc(C)cc1Br)c1ccccc1[N+](=O)[O-]. The lowest BCUT2D eigenvalue weighted by atomic mass is 10.0. The number of methoxy groups -OCH3 is 1. The fraction of sp³-hybridized carbons (Fsp3) is 0.118. The average molecular weight is 376 g/mol. The maximum atomic E-state index is 12.1. The van der Waals surface area contributed by atoms with Crippen LogP contribution in [0.3, 0.4) is 0 Å². The van der Waals surface area contributed by atoms with Crippen molar-refractivity contribution >= 4 is 39.2 Å². The van der Waals surface area contributed by atoms with Gasteiger partial charge >= 0.3 is 5.97 Å². The average Bonchev–Trinajstić information content (AvgIpc) is 2.53. The second kappa shape index (κ2) is 7.19. The number of carbonyl (C=O) groups is 1. The van der Waals surface area contributed by atoms with Gasteiger partial charge in [0.05, 0.1) is 23.2 Å². The van der Waals surface area contributed by atoms with Gasteiger partial charge in [-0.25, -0.2) is 4.79 Å². The largest absolute Gasteiger partial charge is 0.465 e. The highest BCUT2D eigenvalue weighted by atomic mass is 79.9. The highest BCUT2D eigenvalue weighted by Gasteiger charge is 2.22. The third kappa shape index (κ3) is 3.84. The van der Waals surface area contributed by atoms with Crippen LogP contribution in [-0.4, -0.2) is 18.0 Å². The predicted molar refractivity (Wildman–Crippen MR) is 91.9 cm³/mol. The summed E-state index contributed by atoms with van der Waals surface area (Å²) in [4.78, 5) is 22.8. The lowest BCUT2D eigenvalue weighted by molar-refractivity contribution is -0.385. The van der Waals surface area contributed by atoms with E-state index in [9.17, 15) is 14.9 Å². The maximum absolute atomic E-state index is 12.1. The van der Waals surface area contributed by atoms with Gasteiger partial charge in [0.2, 0.25) is 0 Å². The number of carbonyl (C=O) groups excluding carboxylic acids is 1. The zero-order valence-corrected chi connectivity index (χ0v) is 14.2. The van der Waals surface area contributed by atoms with Gasteiger partial charge in [0.15, 0.2) is 0 Å². The molecule has 0 fully saturated rings. The van der Waals surface area contributed by atoms with E-state index in [0.717, 1.165) is 15.6 Å². The number of nitro groups is 1. The molecule has 0 aromatic heterocycles. The highest BCUT2D eigenvalue weighted by molar-refractivity contribution is 9.10. The number of aryl methyl sites for hydroxylation is 1. The molecule has 2 rings (SSSR count). The summed E-state index contributed by atoms with van der Waals surface area (Å²) < 4.78 is 5.58. The molecule has 0 amide bonds. The molecule has 0 spiro atoms. The molecule has 0 aliphatic heterocycles. The van der Waals surface area contributed by atoms with Gasteiger partial charge in [-0.15, -0.1) is 0 Å². The van der Waals surface area contributed by atoms with E-state index in [-0.39, 0.29) is 16.8 Å². The number of benzene rings is 2. The Bertz CT molecular complexity index is 799. The van der Waals surface area contributed by atoms with Gasteiger partial charge in [0.25, 0.3) is 5.69 Å². The van der Waals surface area contributed by atoms with Crippen LogP contribution in [0.4, 0.5) is 5.69 Å². The van der Waals surface area contributed by atoms with E-state index in [2.05, 4.69) is 15.9 Å². The number of rotatable bonds is 4. The summed E-state index contributed by atoms with van der Waals surface area (Å²) in [6.07, 6.45) is 1.58. The molecule has 0 aliphatic carbocycles. The monoisotopic (exact) mass is 375 g/mol. The lowest BCUT2D eigenvalue weighted by Crippen LogP contribution is -2.06. The number of halogens is 1. The molecular formula is C17H14BrNO4. The van der Waals surface area contributed by atoms with E-state index >= 15 is 0 Å². The van der Waals surface area contributed by atoms with Gasteiger partial charge in [-0.1, -0.05) is 40.2 Å². The van der Waals surface area contributed by atoms with Crippen molar-refractivity contribution in [3.8, 4) is 0 Å². The first-order valence-corrected chi connectivity index (χ1v) is 7.53. The van der Waals surface area contributed by atoms with Gasteiger partial charge in [0, 0.05) is 10.5 Å². The summed E-state index contributed by atoms with van der Waals surface area (Å²) in [5, 5.41) is 11.2. The molecular weight excluding hydrogens is 362 g/mol. The molecule has 23 heavy (non-hydrogen) atoms. The van der Waals surface area contributed by atoms with Crippen LogP contribution in [-0.2, 0) is 9.53 Å². The molecule has 0 bridgehead atoms. The number of para-hydroxylation sites is 1. The molecule has 0 saturated carbocycles. The number of nitrogens with zero attached hydrogens (tertiary/aromatic N) is 1. The molecule has 0 radical (unpaired) electrons. The van der Waals surface area contributed by atoms with Gasteiger partial charge < -0.3 is 4.74 Å². The number of hydrogen-bond acceptors (Lipinski definition) is 4. The standard InChI is InChI=1S/C17H14BrNO4/c1-11-7-8-12(15(18)9-11)10-14(17(20)23-2)13-5-3-4-6-16(13)19(21)22/h3-10H,1-2H3/b14-10+. The van der Waals surface area contributed by atoms with Crippen LogP contribution in [0.5, 0.6) is 0 Å². The van der Waals surface area contributed by atoms with Crippen LogP contribution in [0.25, 0.3) is 11.6 Å². The second-order valence-electron chi connectivity index (χ2n) is 4.85. The zero-order chi connectivity index (χ0) is 17.0. The number of hydrogen-bond donors (Lipinski definition) is 0. The Morgan fingerprint density at radius 1 is 1.26 bits per heavy atom. The van der Waals surface area contributed by atoms with E-state index in [4.69, 9.17) is 4.74 Å². The van der Waals surface area contributed by atoms with Crippen LogP contribution >= 0.6 is 15.9 Å². The smallest absolute Gasteiger partial charge is 0.338 e. The summed E-state index contributed by atoms with van der Waals surface area (Å²) in [7, 11) is 1.25. The fourth-order valence-electron chi connectivity index (χ4n) is 2.12. The summed E-state index contributed by atoms with van der Waals surface area (Å²) in [6.45, 7) is 1.95. The quantitative estimate of drug-likeness (QED) is 0.261. The summed E-state index contributed by atoms with van der Waals surface area (Å²) >= 11 is 3.44. The number of ether oxygens (including phenoxy) is 1. The van der Waals surface area contributed by atoms with Crippen molar-refractivity contribution < 1.29 is 14.5 Å². The van der Waals surface area contributed by atoms with Gasteiger partial charge in [-0.05, 0) is 36.3 Å². The van der Waals surface area contributed by atoms with Crippen molar-refractivity contribution in [1.29, 1.82) is 0 Å². The van der Waals surface area contributed by atoms with Crippen LogP contribution < -0.4 is 0 Å². The van der Waals surface area contributed by atoms with Gasteiger partial charge in [-0.3, -0.25) is 10.1 Å². The molecule has 0 unspecified atom stereocenters. The zero-order valence-electron chi connectivity index (χ0n) is 12.6. The molecule has 0 saturated heterocycles. The highest BCUT2D eigenvalue weighted by Crippen LogP contribution is 2.30. The third-order valence-electron chi connectivity index (χ3n) is 3.25. The van der Waals surface area contributed by atoms with Crippen molar-refractivity contribution in [3.63, 3.8) is 0 Å². The fourth-order valence-corrected chi connectivity index (χ4v) is 2.73. The van der Waals surface area contributed by atoms with E-state index in [0.29, 0.717) is 0 Å². The Balaban J connectivity index is 2.65. The molecule has 2 aromatic carbocycles. The maximum Gasteiger partial charge on any atom is 0.338 e. The third-order valence-corrected chi connectivity index (χ3v) is 3.94. The van der Waals surface area contributed by atoms with Crippen molar-refractivity contribution in [2.75, 3.05) is 7.11 Å². The molecule has 0 N–H and O–H groups in total. The van der Waals surface area contributed by atoms with Crippen molar-refractivity contribution in [2.24, 2.45) is 0 Å². The van der Waals surface area contributed by atoms with Crippen LogP contribution in [0, 0.1) is 17.0 Å². The minimum absolute atomic E-state index is 0.129. The van der Waals surface area contributed by atoms with Crippen molar-refractivity contribution in [2.45, 2.75) is 6.92 Å². The minimum atomic E-state index is -0.633. The molecule has 0 heterocycles. The molecule has 118 valence electrons. The Hall–Kier alpha value is -2.47. The Kier molecular flexibility index (Phi) is 5.28. The summed E-state index contributed by atoms with van der Waals surface area (Å²) in [6, 6.07) is 11.7. The number of esters is 1. The molecule has 0 aliphatic rings. The first-order valence-electron chi connectivity index (χ1n) is 6.74. The van der Waals surface area contributed by atoms with Gasteiger partial charge in [0.1, 0.15) is 0 Å². The first kappa shape index (κ1) is 16.9. The topological polar surface area (TPSA) is 69.4 Å². The molecule has 6 heteroatoms. The van der Waals surface area contributed by atoms with Gasteiger partial charge in [-0.2, -0.15) is 0 Å². The van der Waals surface area contributed by atoms with E-state index < -0.39 is 10.9 Å². The minimum Gasteiger partial charge on any atom is -0.465 e. The summed E-state index contributed by atoms with van der Waals surface area (Å²) in [5.41, 5.74) is 1.99. The molecule has 2 aromatic rings. The second-order valence-corrected chi connectivity index (χ2v) is 5.70.